The molecule has 4 heteroatoms. The molecular weight excluding hydrogens is 194 g/mol. The molecular formula is C11H11NO3. The topological polar surface area (TPSA) is 55.2 Å². The summed E-state index contributed by atoms with van der Waals surface area (Å²) in [6, 6.07) is 5.66. The van der Waals surface area contributed by atoms with E-state index in [9.17, 15) is 4.79 Å². The average molecular weight is 205 g/mol. The van der Waals surface area contributed by atoms with Gasteiger partial charge in [-0.25, -0.2) is 4.79 Å². The Balaban J connectivity index is 2.17. The lowest BCUT2D eigenvalue weighted by atomic mass is 9.88. The van der Waals surface area contributed by atoms with Crippen LogP contribution in [0.2, 0.25) is 0 Å². The highest BCUT2D eigenvalue weighted by Crippen LogP contribution is 2.37. The zero-order chi connectivity index (χ0) is 10.5. The fourth-order valence-corrected chi connectivity index (χ4v) is 1.92. The van der Waals surface area contributed by atoms with E-state index in [1.807, 2.05) is 12.1 Å². The summed E-state index contributed by atoms with van der Waals surface area (Å²) < 4.78 is 10.5. The zero-order valence-electron chi connectivity index (χ0n) is 8.37. The van der Waals surface area contributed by atoms with Crippen LogP contribution in [0.5, 0.6) is 0 Å². The minimum absolute atomic E-state index is 0.192. The molecule has 1 aromatic carbocycles. The Hall–Kier alpha value is -1.55. The standard InChI is InChI=1S/C11H11NO3/c1-11(4-5-14-11)7-2-3-9-8(6-7)12-10(13)15-9/h2-3,6H,4-5H2,1H3,(H,12,13). The van der Waals surface area contributed by atoms with Crippen LogP contribution in [0.25, 0.3) is 11.1 Å². The van der Waals surface area contributed by atoms with E-state index >= 15 is 0 Å². The van der Waals surface area contributed by atoms with E-state index in [4.69, 9.17) is 9.15 Å². The molecule has 0 bridgehead atoms. The van der Waals surface area contributed by atoms with Gasteiger partial charge in [-0.1, -0.05) is 6.07 Å². The highest BCUT2D eigenvalue weighted by atomic mass is 16.5. The Morgan fingerprint density at radius 3 is 2.93 bits per heavy atom. The van der Waals surface area contributed by atoms with Crippen molar-refractivity contribution in [2.75, 3.05) is 6.61 Å². The number of aromatic amines is 1. The highest BCUT2D eigenvalue weighted by Gasteiger charge is 2.35. The van der Waals surface area contributed by atoms with Crippen LogP contribution in [0.4, 0.5) is 0 Å². The molecule has 3 rings (SSSR count). The SMILES string of the molecule is CC1(c2ccc3oc(=O)[nH]c3c2)CCO1. The first-order valence-corrected chi connectivity index (χ1v) is 4.95. The van der Waals surface area contributed by atoms with Gasteiger partial charge < -0.3 is 9.15 Å². The van der Waals surface area contributed by atoms with Gasteiger partial charge in [-0.05, 0) is 24.6 Å². The van der Waals surface area contributed by atoms with Gasteiger partial charge in [-0.15, -0.1) is 0 Å². The third kappa shape index (κ3) is 1.22. The van der Waals surface area contributed by atoms with Crippen LogP contribution >= 0.6 is 0 Å². The van der Waals surface area contributed by atoms with Crippen molar-refractivity contribution in [3.8, 4) is 0 Å². The minimum atomic E-state index is -0.415. The van der Waals surface area contributed by atoms with E-state index in [2.05, 4.69) is 11.9 Å². The summed E-state index contributed by atoms with van der Waals surface area (Å²) in [5.41, 5.74) is 2.21. The van der Waals surface area contributed by atoms with Gasteiger partial charge in [0.2, 0.25) is 0 Å². The van der Waals surface area contributed by atoms with E-state index in [1.54, 1.807) is 6.07 Å². The molecule has 1 aliphatic rings. The van der Waals surface area contributed by atoms with E-state index in [-0.39, 0.29) is 5.60 Å². The molecule has 1 aromatic heterocycles. The van der Waals surface area contributed by atoms with Gasteiger partial charge in [-0.2, -0.15) is 0 Å². The van der Waals surface area contributed by atoms with Crippen LogP contribution < -0.4 is 5.76 Å². The van der Waals surface area contributed by atoms with Crippen molar-refractivity contribution in [2.24, 2.45) is 0 Å². The maximum atomic E-state index is 11.0. The summed E-state index contributed by atoms with van der Waals surface area (Å²) >= 11 is 0. The molecule has 4 nitrogen and oxygen atoms in total. The molecule has 1 saturated heterocycles. The van der Waals surface area contributed by atoms with Crippen molar-refractivity contribution in [1.29, 1.82) is 0 Å². The molecule has 1 unspecified atom stereocenters. The molecule has 0 radical (unpaired) electrons. The van der Waals surface area contributed by atoms with Crippen LogP contribution in [-0.2, 0) is 10.3 Å². The molecule has 1 fully saturated rings. The summed E-state index contributed by atoms with van der Waals surface area (Å²) in [5.74, 6) is -0.415. The van der Waals surface area contributed by atoms with Crippen LogP contribution in [0.1, 0.15) is 18.9 Å². The number of H-pyrrole nitrogens is 1. The normalized spacial score (nSPS) is 25.4. The maximum absolute atomic E-state index is 11.0. The number of hydrogen-bond acceptors (Lipinski definition) is 3. The fraction of sp³-hybridized carbons (Fsp3) is 0.364. The average Bonchev–Trinajstić information content (AvgIpc) is 2.53. The second-order valence-corrected chi connectivity index (χ2v) is 4.05. The van der Waals surface area contributed by atoms with Gasteiger partial charge >= 0.3 is 5.76 Å². The number of rotatable bonds is 1. The van der Waals surface area contributed by atoms with Crippen LogP contribution in [-0.4, -0.2) is 11.6 Å². The monoisotopic (exact) mass is 205 g/mol. The number of aromatic nitrogens is 1. The number of fused-ring (bicyclic) bond motifs is 1. The summed E-state index contributed by atoms with van der Waals surface area (Å²) in [6.45, 7) is 2.85. The van der Waals surface area contributed by atoms with Crippen LogP contribution in [0, 0.1) is 0 Å². The first kappa shape index (κ1) is 8.73. The van der Waals surface area contributed by atoms with Crippen molar-refractivity contribution in [3.63, 3.8) is 0 Å². The first-order chi connectivity index (χ1) is 7.17. The molecule has 0 spiro atoms. The van der Waals surface area contributed by atoms with E-state index < -0.39 is 5.76 Å². The molecule has 2 aromatic rings. The maximum Gasteiger partial charge on any atom is 0.417 e. The lowest BCUT2D eigenvalue weighted by Gasteiger charge is -2.39. The van der Waals surface area contributed by atoms with Gasteiger partial charge in [0.05, 0.1) is 17.7 Å². The third-order valence-electron chi connectivity index (χ3n) is 3.03. The number of hydrogen-bond donors (Lipinski definition) is 1. The largest absolute Gasteiger partial charge is 0.417 e. The molecule has 1 aliphatic heterocycles. The predicted octanol–water partition coefficient (Wildman–Crippen LogP) is 1.76. The Bertz CT molecular complexity index is 562. The number of nitrogens with one attached hydrogen (secondary N) is 1. The van der Waals surface area contributed by atoms with Gasteiger partial charge in [0.1, 0.15) is 0 Å². The molecule has 78 valence electrons. The minimum Gasteiger partial charge on any atom is -0.408 e. The Morgan fingerprint density at radius 1 is 1.47 bits per heavy atom. The van der Waals surface area contributed by atoms with Crippen LogP contribution in [0.15, 0.2) is 27.4 Å². The van der Waals surface area contributed by atoms with Crippen molar-refractivity contribution >= 4 is 11.1 Å². The second-order valence-electron chi connectivity index (χ2n) is 4.05. The molecule has 1 atom stereocenters. The summed E-state index contributed by atoms with van der Waals surface area (Å²) in [7, 11) is 0. The molecule has 0 saturated carbocycles. The summed E-state index contributed by atoms with van der Waals surface area (Å²) in [6.07, 6.45) is 1.01. The summed E-state index contributed by atoms with van der Waals surface area (Å²) in [4.78, 5) is 13.6. The lowest BCUT2D eigenvalue weighted by molar-refractivity contribution is -0.140. The molecule has 2 heterocycles. The smallest absolute Gasteiger partial charge is 0.408 e. The van der Waals surface area contributed by atoms with Gasteiger partial charge in [0.15, 0.2) is 5.58 Å². The van der Waals surface area contributed by atoms with Crippen molar-refractivity contribution in [1.82, 2.24) is 4.98 Å². The Labute approximate surface area is 85.9 Å². The van der Waals surface area contributed by atoms with Crippen molar-refractivity contribution in [2.45, 2.75) is 18.9 Å². The number of benzene rings is 1. The highest BCUT2D eigenvalue weighted by molar-refractivity contribution is 5.73. The predicted molar refractivity (Wildman–Crippen MR) is 54.8 cm³/mol. The van der Waals surface area contributed by atoms with E-state index in [1.165, 1.54) is 0 Å². The fourth-order valence-electron chi connectivity index (χ4n) is 1.92. The van der Waals surface area contributed by atoms with E-state index in [0.29, 0.717) is 5.58 Å². The third-order valence-corrected chi connectivity index (χ3v) is 3.03. The van der Waals surface area contributed by atoms with Crippen molar-refractivity contribution in [3.05, 3.63) is 34.3 Å². The molecule has 0 aliphatic carbocycles. The Kier molecular flexibility index (Phi) is 1.59. The van der Waals surface area contributed by atoms with Gasteiger partial charge in [0, 0.05) is 6.42 Å². The summed E-state index contributed by atoms with van der Waals surface area (Å²) in [5, 5.41) is 0. The van der Waals surface area contributed by atoms with Gasteiger partial charge in [0.25, 0.3) is 0 Å². The van der Waals surface area contributed by atoms with Crippen molar-refractivity contribution < 1.29 is 9.15 Å². The number of ether oxygens (including phenoxy) is 1. The molecule has 15 heavy (non-hydrogen) atoms. The first-order valence-electron chi connectivity index (χ1n) is 4.95. The molecule has 0 amide bonds. The second kappa shape index (κ2) is 2.73. The molecule has 1 N–H and O–H groups in total. The van der Waals surface area contributed by atoms with Crippen LogP contribution in [0.3, 0.4) is 0 Å². The lowest BCUT2D eigenvalue weighted by Crippen LogP contribution is -2.37. The Morgan fingerprint density at radius 2 is 2.27 bits per heavy atom. The van der Waals surface area contributed by atoms with Gasteiger partial charge in [-0.3, -0.25) is 4.98 Å². The number of oxazole rings is 1. The quantitative estimate of drug-likeness (QED) is 0.771. The van der Waals surface area contributed by atoms with E-state index in [0.717, 1.165) is 24.1 Å². The zero-order valence-corrected chi connectivity index (χ0v) is 8.37.